The van der Waals surface area contributed by atoms with Crippen LogP contribution in [-0.2, 0) is 13.2 Å². The predicted octanol–water partition coefficient (Wildman–Crippen LogP) is 5.84. The standard InChI is InChI=1S/C38H40N6O3/c1-2-42-14-16-43(17-15-42)23-28-10-8-27(22-40-28)34-21-32-30(12-13-39-37(32)41-34)29-4-3-5-35(33(29)24-45)44-18-19-47-36-20-26(25-6-7-25)9-11-31(36)38(44)46/h3-5,8-13,20-22,25,45H,2,6-7,14-19,23-24H2,1H3,(H,39,41). The molecule has 3 aromatic heterocycles. The number of aliphatic hydroxyl groups is 1. The highest BCUT2D eigenvalue weighted by Gasteiger charge is 2.30. The summed E-state index contributed by atoms with van der Waals surface area (Å²) in [5.41, 5.74) is 8.72. The Bertz CT molecular complexity index is 1920. The van der Waals surface area contributed by atoms with Gasteiger partial charge in [0.1, 0.15) is 18.0 Å². The van der Waals surface area contributed by atoms with Crippen molar-refractivity contribution >= 4 is 22.6 Å². The van der Waals surface area contributed by atoms with Crippen molar-refractivity contribution in [2.75, 3.05) is 50.8 Å². The van der Waals surface area contributed by atoms with E-state index in [9.17, 15) is 9.90 Å². The second kappa shape index (κ2) is 12.6. The number of rotatable bonds is 8. The van der Waals surface area contributed by atoms with Gasteiger partial charge in [-0.2, -0.15) is 0 Å². The molecule has 9 nitrogen and oxygen atoms in total. The fraction of sp³-hybridized carbons (Fsp3) is 0.342. The summed E-state index contributed by atoms with van der Waals surface area (Å²) in [5.74, 6) is 1.11. The average Bonchev–Trinajstić information content (AvgIpc) is 3.90. The average molecular weight is 629 g/mol. The third-order valence-corrected chi connectivity index (χ3v) is 9.96. The number of aromatic nitrogens is 3. The van der Waals surface area contributed by atoms with E-state index in [1.54, 1.807) is 11.1 Å². The number of pyridine rings is 2. The molecule has 0 atom stereocenters. The van der Waals surface area contributed by atoms with Gasteiger partial charge in [-0.15, -0.1) is 0 Å². The van der Waals surface area contributed by atoms with Crippen LogP contribution in [0.15, 0.2) is 73.1 Å². The van der Waals surface area contributed by atoms with Gasteiger partial charge in [0.05, 0.1) is 30.1 Å². The summed E-state index contributed by atoms with van der Waals surface area (Å²) in [5, 5.41) is 11.7. The third-order valence-electron chi connectivity index (χ3n) is 9.96. The first-order chi connectivity index (χ1) is 23.1. The first kappa shape index (κ1) is 29.8. The van der Waals surface area contributed by atoms with E-state index >= 15 is 0 Å². The van der Waals surface area contributed by atoms with E-state index in [0.717, 1.165) is 78.4 Å². The van der Waals surface area contributed by atoms with Gasteiger partial charge in [-0.3, -0.25) is 14.7 Å². The number of piperazine rings is 1. The van der Waals surface area contributed by atoms with Gasteiger partial charge >= 0.3 is 0 Å². The summed E-state index contributed by atoms with van der Waals surface area (Å²) < 4.78 is 6.09. The number of fused-ring (bicyclic) bond motifs is 2. The molecule has 9 heteroatoms. The van der Waals surface area contributed by atoms with Crippen LogP contribution in [0.5, 0.6) is 5.75 Å². The second-order valence-electron chi connectivity index (χ2n) is 12.8. The van der Waals surface area contributed by atoms with E-state index in [2.05, 4.69) is 51.0 Å². The van der Waals surface area contributed by atoms with E-state index in [-0.39, 0.29) is 12.5 Å². The Morgan fingerprint density at radius 3 is 2.53 bits per heavy atom. The molecule has 2 aromatic carbocycles. The van der Waals surface area contributed by atoms with Gasteiger partial charge in [0.25, 0.3) is 5.91 Å². The Hall–Kier alpha value is -4.57. The van der Waals surface area contributed by atoms with Gasteiger partial charge in [-0.25, -0.2) is 4.98 Å². The van der Waals surface area contributed by atoms with Crippen molar-refractivity contribution in [2.45, 2.75) is 38.8 Å². The number of hydrogen-bond acceptors (Lipinski definition) is 7. The van der Waals surface area contributed by atoms with E-state index in [0.29, 0.717) is 41.6 Å². The fourth-order valence-electron chi connectivity index (χ4n) is 7.06. The second-order valence-corrected chi connectivity index (χ2v) is 12.8. The number of anilines is 1. The Morgan fingerprint density at radius 1 is 0.915 bits per heavy atom. The molecule has 5 heterocycles. The molecule has 3 aliphatic rings. The number of nitrogens with one attached hydrogen (secondary N) is 1. The number of H-pyrrole nitrogens is 1. The van der Waals surface area contributed by atoms with E-state index in [1.165, 1.54) is 18.4 Å². The summed E-state index contributed by atoms with van der Waals surface area (Å²) in [6, 6.07) is 20.2. The number of aliphatic hydroxyl groups excluding tert-OH is 1. The van der Waals surface area contributed by atoms with Crippen molar-refractivity contribution in [1.82, 2.24) is 24.8 Å². The van der Waals surface area contributed by atoms with E-state index in [4.69, 9.17) is 9.72 Å². The molecule has 1 amide bonds. The minimum Gasteiger partial charge on any atom is -0.491 e. The van der Waals surface area contributed by atoms with Crippen LogP contribution in [0.2, 0.25) is 0 Å². The van der Waals surface area contributed by atoms with Crippen molar-refractivity contribution in [1.29, 1.82) is 0 Å². The first-order valence-corrected chi connectivity index (χ1v) is 16.8. The van der Waals surface area contributed by atoms with Crippen LogP contribution in [0.3, 0.4) is 0 Å². The lowest BCUT2D eigenvalue weighted by Crippen LogP contribution is -2.45. The zero-order valence-corrected chi connectivity index (χ0v) is 26.8. The molecule has 240 valence electrons. The van der Waals surface area contributed by atoms with E-state index < -0.39 is 0 Å². The van der Waals surface area contributed by atoms with Crippen molar-refractivity contribution in [2.24, 2.45) is 0 Å². The van der Waals surface area contributed by atoms with Crippen molar-refractivity contribution in [3.8, 4) is 28.1 Å². The van der Waals surface area contributed by atoms with Crippen LogP contribution in [0.25, 0.3) is 33.4 Å². The Balaban J connectivity index is 1.08. The minimum absolute atomic E-state index is 0.116. The van der Waals surface area contributed by atoms with Gasteiger partial charge in [-0.1, -0.05) is 25.1 Å². The normalized spacial score (nSPS) is 17.5. The molecule has 0 radical (unpaired) electrons. The summed E-state index contributed by atoms with van der Waals surface area (Å²) in [4.78, 5) is 33.5. The maximum absolute atomic E-state index is 13.9. The fourth-order valence-corrected chi connectivity index (χ4v) is 7.06. The molecule has 5 aromatic rings. The van der Waals surface area contributed by atoms with Crippen molar-refractivity contribution < 1.29 is 14.6 Å². The number of likely N-dealkylation sites (N-methyl/N-ethyl adjacent to an activating group) is 1. The van der Waals surface area contributed by atoms with Crippen LogP contribution in [0.4, 0.5) is 5.69 Å². The molecule has 8 rings (SSSR count). The Labute approximate surface area is 274 Å². The van der Waals surface area contributed by atoms with Gasteiger partial charge < -0.3 is 24.6 Å². The molecule has 2 fully saturated rings. The van der Waals surface area contributed by atoms with Crippen LogP contribution in [0, 0.1) is 0 Å². The number of carbonyl (C=O) groups is 1. The molecule has 1 saturated heterocycles. The summed E-state index contributed by atoms with van der Waals surface area (Å²) in [7, 11) is 0. The molecular formula is C38H40N6O3. The Kier molecular flexibility index (Phi) is 7.97. The molecule has 1 saturated carbocycles. The third kappa shape index (κ3) is 5.79. The molecule has 1 aliphatic carbocycles. The van der Waals surface area contributed by atoms with Crippen LogP contribution in [0.1, 0.15) is 52.9 Å². The van der Waals surface area contributed by atoms with Crippen LogP contribution >= 0.6 is 0 Å². The highest BCUT2D eigenvalue weighted by molar-refractivity contribution is 6.09. The van der Waals surface area contributed by atoms with Crippen LogP contribution in [-0.4, -0.2) is 81.6 Å². The molecule has 0 spiro atoms. The van der Waals surface area contributed by atoms with Gasteiger partial charge in [0.2, 0.25) is 0 Å². The predicted molar refractivity (Wildman–Crippen MR) is 184 cm³/mol. The summed E-state index contributed by atoms with van der Waals surface area (Å²) >= 11 is 0. The number of carbonyl (C=O) groups excluding carboxylic acids is 1. The molecule has 2 aliphatic heterocycles. The topological polar surface area (TPSA) is 97.8 Å². The van der Waals surface area contributed by atoms with Gasteiger partial charge in [0, 0.05) is 67.3 Å². The molecule has 2 N–H and O–H groups in total. The first-order valence-electron chi connectivity index (χ1n) is 16.8. The number of benzene rings is 2. The van der Waals surface area contributed by atoms with Crippen molar-refractivity contribution in [3.63, 3.8) is 0 Å². The molecule has 0 bridgehead atoms. The quantitative estimate of drug-likeness (QED) is 0.223. The maximum Gasteiger partial charge on any atom is 0.262 e. The lowest BCUT2D eigenvalue weighted by molar-refractivity contribution is 0.0989. The van der Waals surface area contributed by atoms with E-state index in [1.807, 2.05) is 42.6 Å². The molecular weight excluding hydrogens is 588 g/mol. The largest absolute Gasteiger partial charge is 0.491 e. The Morgan fingerprint density at radius 2 is 1.77 bits per heavy atom. The van der Waals surface area contributed by atoms with Crippen LogP contribution < -0.4 is 9.64 Å². The molecule has 0 unspecified atom stereocenters. The minimum atomic E-state index is -0.219. The number of hydrogen-bond donors (Lipinski definition) is 2. The highest BCUT2D eigenvalue weighted by atomic mass is 16.5. The smallest absolute Gasteiger partial charge is 0.262 e. The number of amides is 1. The maximum atomic E-state index is 13.9. The molecule has 47 heavy (non-hydrogen) atoms. The SMILES string of the molecule is CCN1CCN(Cc2ccc(-c3cc4c(-c5cccc(N6CCOc7cc(C8CC8)ccc7C6=O)c5CO)ccnc4[nH]3)cn2)CC1. The lowest BCUT2D eigenvalue weighted by atomic mass is 9.96. The zero-order chi connectivity index (χ0) is 31.9. The zero-order valence-electron chi connectivity index (χ0n) is 26.8. The number of nitrogens with zero attached hydrogens (tertiary/aromatic N) is 5. The number of aromatic amines is 1. The summed E-state index contributed by atoms with van der Waals surface area (Å²) in [6.45, 7) is 9.09. The monoisotopic (exact) mass is 628 g/mol. The van der Waals surface area contributed by atoms with Gasteiger partial charge in [0.15, 0.2) is 0 Å². The van der Waals surface area contributed by atoms with Crippen molar-refractivity contribution in [3.05, 3.63) is 95.4 Å². The highest BCUT2D eigenvalue weighted by Crippen LogP contribution is 2.43. The summed E-state index contributed by atoms with van der Waals surface area (Å²) in [6.07, 6.45) is 6.10. The van der Waals surface area contributed by atoms with Gasteiger partial charge in [-0.05, 0) is 84.5 Å². The lowest BCUT2D eigenvalue weighted by Gasteiger charge is -2.33. The number of ether oxygens (including phenoxy) is 1.